The standard InChI is InChI=1S/C17H22N2O2.H2/c1-14(21-13-15-7-3-2-4-8-15)19-12-6-10-17(19)9-5-11-18-16(17)20;/h2-4,7-8H,1,5-6,9-13H2,(H,18,20);1H. The van der Waals surface area contributed by atoms with Gasteiger partial charge in [-0.15, -0.1) is 0 Å². The van der Waals surface area contributed by atoms with Gasteiger partial charge in [0.2, 0.25) is 5.91 Å². The maximum Gasteiger partial charge on any atom is 0.245 e. The van der Waals surface area contributed by atoms with E-state index in [1.807, 2.05) is 30.3 Å². The molecule has 2 saturated heterocycles. The van der Waals surface area contributed by atoms with E-state index in [4.69, 9.17) is 4.74 Å². The van der Waals surface area contributed by atoms with Crippen molar-refractivity contribution in [2.45, 2.75) is 37.8 Å². The van der Waals surface area contributed by atoms with Gasteiger partial charge in [-0.25, -0.2) is 0 Å². The number of benzene rings is 1. The van der Waals surface area contributed by atoms with Crippen LogP contribution >= 0.6 is 0 Å². The third kappa shape index (κ3) is 2.62. The van der Waals surface area contributed by atoms with Crippen LogP contribution in [-0.2, 0) is 16.1 Å². The molecule has 1 spiro atoms. The topological polar surface area (TPSA) is 41.6 Å². The number of ether oxygens (including phenoxy) is 1. The summed E-state index contributed by atoms with van der Waals surface area (Å²) in [5.41, 5.74) is 0.687. The van der Waals surface area contributed by atoms with E-state index in [2.05, 4.69) is 16.8 Å². The molecule has 1 aromatic carbocycles. The number of piperidine rings is 1. The van der Waals surface area contributed by atoms with E-state index in [9.17, 15) is 4.79 Å². The minimum absolute atomic E-state index is 0. The Labute approximate surface area is 127 Å². The van der Waals surface area contributed by atoms with E-state index in [1.54, 1.807) is 0 Å². The van der Waals surface area contributed by atoms with E-state index >= 15 is 0 Å². The van der Waals surface area contributed by atoms with Crippen molar-refractivity contribution in [3.63, 3.8) is 0 Å². The largest absolute Gasteiger partial charge is 0.475 e. The highest BCUT2D eigenvalue weighted by molar-refractivity contribution is 5.87. The van der Waals surface area contributed by atoms with Crippen molar-refractivity contribution in [2.24, 2.45) is 0 Å². The van der Waals surface area contributed by atoms with E-state index in [0.717, 1.165) is 44.3 Å². The van der Waals surface area contributed by atoms with Gasteiger partial charge in [-0.3, -0.25) is 4.79 Å². The number of nitrogens with zero attached hydrogens (tertiary/aromatic N) is 1. The number of nitrogens with one attached hydrogen (secondary N) is 1. The zero-order chi connectivity index (χ0) is 14.7. The second kappa shape index (κ2) is 5.80. The Balaban J connectivity index is 0.00000176. The molecule has 0 bridgehead atoms. The molecule has 3 rings (SSSR count). The van der Waals surface area contributed by atoms with Gasteiger partial charge < -0.3 is 15.0 Å². The number of amides is 1. The summed E-state index contributed by atoms with van der Waals surface area (Å²) in [6, 6.07) is 10.0. The lowest BCUT2D eigenvalue weighted by atomic mass is 9.86. The van der Waals surface area contributed by atoms with Crippen LogP contribution in [0.5, 0.6) is 0 Å². The van der Waals surface area contributed by atoms with Gasteiger partial charge in [-0.2, -0.15) is 0 Å². The quantitative estimate of drug-likeness (QED) is 0.866. The molecule has 0 radical (unpaired) electrons. The zero-order valence-electron chi connectivity index (χ0n) is 12.3. The normalized spacial score (nSPS) is 25.0. The smallest absolute Gasteiger partial charge is 0.245 e. The van der Waals surface area contributed by atoms with Crippen LogP contribution in [0.1, 0.15) is 32.7 Å². The lowest BCUT2D eigenvalue weighted by Crippen LogP contribution is -2.58. The van der Waals surface area contributed by atoms with Crippen LogP contribution in [0.3, 0.4) is 0 Å². The van der Waals surface area contributed by atoms with Gasteiger partial charge in [0.1, 0.15) is 12.1 Å². The van der Waals surface area contributed by atoms with Crippen LogP contribution in [0.25, 0.3) is 0 Å². The first-order valence-corrected chi connectivity index (χ1v) is 7.64. The fourth-order valence-corrected chi connectivity index (χ4v) is 3.42. The molecule has 4 heteroatoms. The Morgan fingerprint density at radius 3 is 2.86 bits per heavy atom. The van der Waals surface area contributed by atoms with Gasteiger partial charge in [0.05, 0.1) is 0 Å². The fourth-order valence-electron chi connectivity index (χ4n) is 3.42. The summed E-state index contributed by atoms with van der Waals surface area (Å²) in [5, 5.41) is 3.00. The highest BCUT2D eigenvalue weighted by Gasteiger charge is 2.49. The van der Waals surface area contributed by atoms with Gasteiger partial charge >= 0.3 is 0 Å². The molecule has 1 aromatic rings. The highest BCUT2D eigenvalue weighted by Crippen LogP contribution is 2.38. The molecule has 2 aliphatic heterocycles. The Morgan fingerprint density at radius 2 is 2.10 bits per heavy atom. The average Bonchev–Trinajstić information content (AvgIpc) is 2.94. The Morgan fingerprint density at radius 1 is 1.33 bits per heavy atom. The zero-order valence-corrected chi connectivity index (χ0v) is 12.3. The van der Waals surface area contributed by atoms with Crippen LogP contribution in [0.15, 0.2) is 42.8 Å². The Kier molecular flexibility index (Phi) is 3.86. The molecule has 1 amide bonds. The van der Waals surface area contributed by atoms with Crippen LogP contribution in [0.4, 0.5) is 0 Å². The first-order valence-electron chi connectivity index (χ1n) is 7.64. The molecule has 1 N–H and O–H groups in total. The van der Waals surface area contributed by atoms with Gasteiger partial charge in [-0.05, 0) is 37.8 Å². The molecule has 0 saturated carbocycles. The average molecular weight is 288 g/mol. The van der Waals surface area contributed by atoms with Crippen molar-refractivity contribution in [3.05, 3.63) is 48.4 Å². The minimum atomic E-state index is -0.425. The van der Waals surface area contributed by atoms with Crippen molar-refractivity contribution in [1.29, 1.82) is 0 Å². The summed E-state index contributed by atoms with van der Waals surface area (Å²) in [6.07, 6.45) is 3.83. The van der Waals surface area contributed by atoms with Crippen molar-refractivity contribution in [3.8, 4) is 0 Å². The first kappa shape index (κ1) is 14.0. The molecule has 2 fully saturated rings. The summed E-state index contributed by atoms with van der Waals surface area (Å²) >= 11 is 0. The molecule has 21 heavy (non-hydrogen) atoms. The lowest BCUT2D eigenvalue weighted by Gasteiger charge is -2.41. The monoisotopic (exact) mass is 288 g/mol. The van der Waals surface area contributed by atoms with Crippen molar-refractivity contribution in [1.82, 2.24) is 10.2 Å². The molecule has 1 atom stereocenters. The second-order valence-electron chi connectivity index (χ2n) is 5.81. The van der Waals surface area contributed by atoms with E-state index in [0.29, 0.717) is 12.5 Å². The molecule has 1 unspecified atom stereocenters. The van der Waals surface area contributed by atoms with Crippen LogP contribution in [0, 0.1) is 0 Å². The Bertz CT molecular complexity index is 535. The van der Waals surface area contributed by atoms with E-state index in [-0.39, 0.29) is 7.33 Å². The highest BCUT2D eigenvalue weighted by atomic mass is 16.5. The van der Waals surface area contributed by atoms with Gasteiger partial charge in [0.15, 0.2) is 5.88 Å². The van der Waals surface area contributed by atoms with E-state index in [1.165, 1.54) is 0 Å². The second-order valence-corrected chi connectivity index (χ2v) is 5.81. The van der Waals surface area contributed by atoms with Crippen LogP contribution in [0.2, 0.25) is 0 Å². The van der Waals surface area contributed by atoms with Gasteiger partial charge in [0.25, 0.3) is 0 Å². The summed E-state index contributed by atoms with van der Waals surface area (Å²) in [4.78, 5) is 14.4. The number of carbonyl (C=O) groups excluding carboxylic acids is 1. The summed E-state index contributed by atoms with van der Waals surface area (Å²) in [6.45, 7) is 6.19. The summed E-state index contributed by atoms with van der Waals surface area (Å²) in [7, 11) is 0. The first-order chi connectivity index (χ1) is 10.2. The molecule has 0 aliphatic carbocycles. The number of likely N-dealkylation sites (tertiary alicyclic amines) is 1. The fraction of sp³-hybridized carbons (Fsp3) is 0.471. The SMILES string of the molecule is C=C(OCc1ccccc1)N1CCCC12CCCNC2=O.[HH]. The number of carbonyl (C=O) groups is 1. The minimum Gasteiger partial charge on any atom is -0.475 e. The maximum atomic E-state index is 12.4. The third-order valence-electron chi connectivity index (χ3n) is 4.51. The molecule has 114 valence electrons. The van der Waals surface area contributed by atoms with Crippen LogP contribution < -0.4 is 5.32 Å². The summed E-state index contributed by atoms with van der Waals surface area (Å²) < 4.78 is 5.84. The number of hydrogen-bond acceptors (Lipinski definition) is 3. The predicted octanol–water partition coefficient (Wildman–Crippen LogP) is 2.67. The van der Waals surface area contributed by atoms with E-state index < -0.39 is 5.54 Å². The Hall–Kier alpha value is -1.97. The van der Waals surface area contributed by atoms with Gasteiger partial charge in [-0.1, -0.05) is 30.3 Å². The molecule has 4 nitrogen and oxygen atoms in total. The molecule has 2 aliphatic rings. The maximum absolute atomic E-state index is 12.4. The predicted molar refractivity (Wildman–Crippen MR) is 83.4 cm³/mol. The molecule has 2 heterocycles. The summed E-state index contributed by atoms with van der Waals surface area (Å²) in [5.74, 6) is 0.754. The molecular formula is C17H24N2O2. The van der Waals surface area contributed by atoms with Crippen molar-refractivity contribution < 1.29 is 11.0 Å². The lowest BCUT2D eigenvalue weighted by molar-refractivity contribution is -0.135. The number of rotatable bonds is 4. The van der Waals surface area contributed by atoms with Crippen LogP contribution in [-0.4, -0.2) is 29.4 Å². The van der Waals surface area contributed by atoms with Crippen molar-refractivity contribution >= 4 is 5.91 Å². The van der Waals surface area contributed by atoms with Gasteiger partial charge in [0, 0.05) is 14.5 Å². The third-order valence-corrected chi connectivity index (χ3v) is 4.51. The molecular weight excluding hydrogens is 264 g/mol. The molecule has 0 aromatic heterocycles. The van der Waals surface area contributed by atoms with Crippen molar-refractivity contribution in [2.75, 3.05) is 13.1 Å². The number of hydrogen-bond donors (Lipinski definition) is 1.